The van der Waals surface area contributed by atoms with Crippen LogP contribution in [0, 0.1) is 11.3 Å². The van der Waals surface area contributed by atoms with Crippen LogP contribution in [0.2, 0.25) is 0 Å². The zero-order chi connectivity index (χ0) is 20.0. The third kappa shape index (κ3) is 6.31. The highest BCUT2D eigenvalue weighted by atomic mass is 32.2. The summed E-state index contributed by atoms with van der Waals surface area (Å²) in [5.74, 6) is 0.195. The number of benzene rings is 2. The van der Waals surface area contributed by atoms with Gasteiger partial charge in [-0.3, -0.25) is 0 Å². The van der Waals surface area contributed by atoms with Crippen LogP contribution in [-0.2, 0) is 16.7 Å². The molecule has 27 heavy (non-hydrogen) atoms. The molecule has 0 saturated carbocycles. The van der Waals surface area contributed by atoms with Gasteiger partial charge in [-0.2, -0.15) is 13.7 Å². The van der Waals surface area contributed by atoms with Crippen molar-refractivity contribution in [2.75, 3.05) is 11.6 Å². The number of hydrogen-bond acceptors (Lipinski definition) is 5. The number of carbonyl (C=O) groups excluding carboxylic acids is 1. The highest BCUT2D eigenvalue weighted by Crippen LogP contribution is 2.19. The van der Waals surface area contributed by atoms with Gasteiger partial charge in [-0.15, -0.1) is 0 Å². The van der Waals surface area contributed by atoms with Crippen molar-refractivity contribution in [1.29, 1.82) is 5.26 Å². The number of nitriles is 1. The van der Waals surface area contributed by atoms with Crippen molar-refractivity contribution >= 4 is 21.8 Å². The SMILES string of the molecule is CC(C)N(Cc1cccc(OS(C)(=O)=O)c1)C(=O)Nc1cccc(C#N)c1. The van der Waals surface area contributed by atoms with E-state index in [2.05, 4.69) is 5.32 Å². The van der Waals surface area contributed by atoms with Crippen molar-refractivity contribution in [1.82, 2.24) is 4.90 Å². The number of amides is 2. The van der Waals surface area contributed by atoms with E-state index >= 15 is 0 Å². The summed E-state index contributed by atoms with van der Waals surface area (Å²) in [6.07, 6.45) is 0.975. The van der Waals surface area contributed by atoms with Crippen molar-refractivity contribution in [3.63, 3.8) is 0 Å². The Bertz CT molecular complexity index is 965. The topological polar surface area (TPSA) is 99.5 Å². The zero-order valence-electron chi connectivity index (χ0n) is 15.3. The molecular weight excluding hydrogens is 366 g/mol. The molecule has 0 heterocycles. The van der Waals surface area contributed by atoms with Crippen LogP contribution >= 0.6 is 0 Å². The molecule has 0 aliphatic rings. The molecule has 8 heteroatoms. The van der Waals surface area contributed by atoms with Gasteiger partial charge in [-0.05, 0) is 49.7 Å². The van der Waals surface area contributed by atoms with Crippen molar-refractivity contribution in [2.24, 2.45) is 0 Å². The lowest BCUT2D eigenvalue weighted by Crippen LogP contribution is -2.39. The summed E-state index contributed by atoms with van der Waals surface area (Å²) >= 11 is 0. The highest BCUT2D eigenvalue weighted by Gasteiger charge is 2.18. The van der Waals surface area contributed by atoms with Crippen LogP contribution in [0.15, 0.2) is 48.5 Å². The largest absolute Gasteiger partial charge is 0.383 e. The number of nitrogens with one attached hydrogen (secondary N) is 1. The van der Waals surface area contributed by atoms with Gasteiger partial charge < -0.3 is 14.4 Å². The van der Waals surface area contributed by atoms with Crippen LogP contribution in [0.1, 0.15) is 25.0 Å². The summed E-state index contributed by atoms with van der Waals surface area (Å²) in [5, 5.41) is 11.7. The summed E-state index contributed by atoms with van der Waals surface area (Å²) < 4.78 is 27.5. The Morgan fingerprint density at radius 3 is 2.56 bits per heavy atom. The summed E-state index contributed by atoms with van der Waals surface area (Å²) in [5.41, 5.74) is 1.71. The van der Waals surface area contributed by atoms with Gasteiger partial charge in [0.1, 0.15) is 5.75 Å². The fraction of sp³-hybridized carbons (Fsp3) is 0.263. The predicted molar refractivity (Wildman–Crippen MR) is 103 cm³/mol. The van der Waals surface area contributed by atoms with Crippen LogP contribution in [-0.4, -0.2) is 31.6 Å². The molecule has 0 spiro atoms. The van der Waals surface area contributed by atoms with E-state index in [0.29, 0.717) is 11.3 Å². The first-order valence-electron chi connectivity index (χ1n) is 8.24. The molecule has 1 N–H and O–H groups in total. The van der Waals surface area contributed by atoms with Gasteiger partial charge in [-0.1, -0.05) is 18.2 Å². The molecule has 142 valence electrons. The molecule has 2 amide bonds. The van der Waals surface area contributed by atoms with Gasteiger partial charge in [0.25, 0.3) is 0 Å². The highest BCUT2D eigenvalue weighted by molar-refractivity contribution is 7.86. The molecule has 2 rings (SSSR count). The molecule has 0 aliphatic heterocycles. The number of urea groups is 1. The third-order valence-corrected chi connectivity index (χ3v) is 4.12. The molecule has 7 nitrogen and oxygen atoms in total. The average Bonchev–Trinajstić information content (AvgIpc) is 2.58. The van der Waals surface area contributed by atoms with Crippen LogP contribution < -0.4 is 9.50 Å². The molecular formula is C19H21N3O4S. The summed E-state index contributed by atoms with van der Waals surface area (Å²) in [4.78, 5) is 14.3. The quantitative estimate of drug-likeness (QED) is 0.766. The maximum absolute atomic E-state index is 12.7. The molecule has 0 aromatic heterocycles. The Morgan fingerprint density at radius 1 is 1.22 bits per heavy atom. The first-order valence-corrected chi connectivity index (χ1v) is 10.1. The molecule has 0 unspecified atom stereocenters. The summed E-state index contributed by atoms with van der Waals surface area (Å²) in [7, 11) is -3.62. The molecule has 0 saturated heterocycles. The predicted octanol–water partition coefficient (Wildman–Crippen LogP) is 3.34. The Labute approximate surface area is 159 Å². The summed E-state index contributed by atoms with van der Waals surface area (Å²) in [6, 6.07) is 14.8. The van der Waals surface area contributed by atoms with Crippen molar-refractivity contribution in [3.8, 4) is 11.8 Å². The fourth-order valence-corrected chi connectivity index (χ4v) is 2.87. The number of nitrogens with zero attached hydrogens (tertiary/aromatic N) is 2. The Balaban J connectivity index is 2.16. The minimum atomic E-state index is -3.62. The second kappa shape index (κ2) is 8.56. The first kappa shape index (κ1) is 20.3. The normalized spacial score (nSPS) is 10.9. The van der Waals surface area contributed by atoms with E-state index in [1.165, 1.54) is 6.07 Å². The van der Waals surface area contributed by atoms with E-state index in [9.17, 15) is 13.2 Å². The van der Waals surface area contributed by atoms with E-state index in [0.717, 1.165) is 11.8 Å². The molecule has 2 aromatic rings. The van der Waals surface area contributed by atoms with Gasteiger partial charge in [-0.25, -0.2) is 4.79 Å². The van der Waals surface area contributed by atoms with Gasteiger partial charge >= 0.3 is 16.1 Å². The van der Waals surface area contributed by atoms with Crippen LogP contribution in [0.5, 0.6) is 5.75 Å². The summed E-state index contributed by atoms with van der Waals surface area (Å²) in [6.45, 7) is 4.02. The van der Waals surface area contributed by atoms with Crippen molar-refractivity contribution in [3.05, 3.63) is 59.7 Å². The van der Waals surface area contributed by atoms with Gasteiger partial charge in [0.05, 0.1) is 17.9 Å². The zero-order valence-corrected chi connectivity index (χ0v) is 16.2. The molecule has 0 fully saturated rings. The van der Waals surface area contributed by atoms with Crippen molar-refractivity contribution in [2.45, 2.75) is 26.4 Å². The molecule has 0 atom stereocenters. The first-order chi connectivity index (χ1) is 12.7. The van der Waals surface area contributed by atoms with Crippen LogP contribution in [0.3, 0.4) is 0 Å². The maximum Gasteiger partial charge on any atom is 0.322 e. The smallest absolute Gasteiger partial charge is 0.322 e. The molecule has 0 bridgehead atoms. The van der Waals surface area contributed by atoms with Crippen LogP contribution in [0.25, 0.3) is 0 Å². The number of rotatable bonds is 6. The van der Waals surface area contributed by atoms with Crippen molar-refractivity contribution < 1.29 is 17.4 Å². The maximum atomic E-state index is 12.7. The molecule has 2 aromatic carbocycles. The lowest BCUT2D eigenvalue weighted by atomic mass is 10.2. The number of hydrogen-bond donors (Lipinski definition) is 1. The second-order valence-corrected chi connectivity index (χ2v) is 7.85. The number of carbonyl (C=O) groups is 1. The minimum Gasteiger partial charge on any atom is -0.383 e. The lowest BCUT2D eigenvalue weighted by Gasteiger charge is -2.27. The van der Waals surface area contributed by atoms with Crippen LogP contribution in [0.4, 0.5) is 10.5 Å². The molecule has 0 radical (unpaired) electrons. The van der Waals surface area contributed by atoms with Gasteiger partial charge in [0.2, 0.25) is 0 Å². The Morgan fingerprint density at radius 2 is 1.93 bits per heavy atom. The van der Waals surface area contributed by atoms with E-state index in [4.69, 9.17) is 9.44 Å². The van der Waals surface area contributed by atoms with Gasteiger partial charge in [0, 0.05) is 18.3 Å². The molecule has 0 aliphatic carbocycles. The monoisotopic (exact) mass is 387 g/mol. The van der Waals surface area contributed by atoms with E-state index in [1.807, 2.05) is 19.9 Å². The number of anilines is 1. The Hall–Kier alpha value is -3.05. The fourth-order valence-electron chi connectivity index (χ4n) is 2.42. The van der Waals surface area contributed by atoms with Gasteiger partial charge in [0.15, 0.2) is 0 Å². The third-order valence-electron chi connectivity index (χ3n) is 3.63. The average molecular weight is 387 g/mol. The van der Waals surface area contributed by atoms with E-state index in [1.54, 1.807) is 47.4 Å². The Kier molecular flexibility index (Phi) is 6.42. The minimum absolute atomic E-state index is 0.108. The van der Waals surface area contributed by atoms with E-state index in [-0.39, 0.29) is 24.4 Å². The lowest BCUT2D eigenvalue weighted by molar-refractivity contribution is 0.193. The second-order valence-electron chi connectivity index (χ2n) is 6.28. The van der Waals surface area contributed by atoms with E-state index < -0.39 is 10.1 Å². The standard InChI is InChI=1S/C19H21N3O4S/c1-14(2)22(19(23)21-17-8-4-6-15(10-17)12-20)13-16-7-5-9-18(11-16)26-27(3,24)25/h4-11,14H,13H2,1-3H3,(H,21,23).